The van der Waals surface area contributed by atoms with Crippen molar-refractivity contribution in [1.29, 1.82) is 0 Å². The molecule has 0 saturated carbocycles. The van der Waals surface area contributed by atoms with Gasteiger partial charge in [0.15, 0.2) is 9.84 Å². The summed E-state index contributed by atoms with van der Waals surface area (Å²) in [5, 5.41) is 3.13. The fourth-order valence-corrected chi connectivity index (χ4v) is 3.25. The predicted molar refractivity (Wildman–Crippen MR) is 49.9 cm³/mol. The third-order valence-electron chi connectivity index (χ3n) is 2.72. The minimum absolute atomic E-state index is 0.325. The summed E-state index contributed by atoms with van der Waals surface area (Å²) in [5.74, 6) is 0.325. The van der Waals surface area contributed by atoms with Gasteiger partial charge in [-0.15, -0.1) is 0 Å². The lowest BCUT2D eigenvalue weighted by atomic mass is 10.0. The minimum atomic E-state index is -2.84. The van der Waals surface area contributed by atoms with Gasteiger partial charge in [0, 0.05) is 6.04 Å². The van der Waals surface area contributed by atoms with Gasteiger partial charge in [-0.05, 0) is 33.7 Å². The van der Waals surface area contributed by atoms with Crippen LogP contribution < -0.4 is 5.32 Å². The number of hydrogen-bond acceptors (Lipinski definition) is 3. The molecule has 1 N–H and O–H groups in total. The fraction of sp³-hybridized carbons (Fsp3) is 1.00. The van der Waals surface area contributed by atoms with E-state index in [-0.39, 0.29) is 0 Å². The highest BCUT2D eigenvalue weighted by atomic mass is 32.2. The van der Waals surface area contributed by atoms with E-state index in [9.17, 15) is 8.42 Å². The Labute approximate surface area is 74.5 Å². The predicted octanol–water partition coefficient (Wildman–Crippen LogP) is 0.562. The molecular formula is C8H17NO2S. The molecule has 1 atom stereocenters. The molecule has 1 aliphatic rings. The molecule has 1 fully saturated rings. The van der Waals surface area contributed by atoms with E-state index in [0.717, 1.165) is 12.8 Å². The van der Waals surface area contributed by atoms with Crippen molar-refractivity contribution in [3.05, 3.63) is 0 Å². The highest BCUT2D eigenvalue weighted by Crippen LogP contribution is 2.29. The van der Waals surface area contributed by atoms with Crippen molar-refractivity contribution in [2.75, 3.05) is 12.8 Å². The van der Waals surface area contributed by atoms with Crippen LogP contribution in [0.1, 0.15) is 26.7 Å². The molecule has 1 saturated heterocycles. The van der Waals surface area contributed by atoms with Gasteiger partial charge < -0.3 is 5.32 Å². The molecule has 0 aliphatic carbocycles. The number of rotatable bonds is 1. The first-order valence-electron chi connectivity index (χ1n) is 4.28. The van der Waals surface area contributed by atoms with Crippen LogP contribution in [0.5, 0.6) is 0 Å². The van der Waals surface area contributed by atoms with E-state index in [1.54, 1.807) is 0 Å². The number of hydrogen-bond donors (Lipinski definition) is 1. The van der Waals surface area contributed by atoms with Gasteiger partial charge in [-0.1, -0.05) is 0 Å². The monoisotopic (exact) mass is 191 g/mol. The molecule has 72 valence electrons. The maximum Gasteiger partial charge on any atom is 0.155 e. The first kappa shape index (κ1) is 9.99. The lowest BCUT2D eigenvalue weighted by molar-refractivity contribution is 0.409. The first-order valence-corrected chi connectivity index (χ1v) is 5.94. The Kier molecular flexibility index (Phi) is 2.50. The van der Waals surface area contributed by atoms with Crippen molar-refractivity contribution in [3.8, 4) is 0 Å². The summed E-state index contributed by atoms with van der Waals surface area (Å²) in [7, 11) is -0.956. The van der Waals surface area contributed by atoms with Crippen LogP contribution in [-0.2, 0) is 9.84 Å². The second-order valence-corrected chi connectivity index (χ2v) is 6.80. The van der Waals surface area contributed by atoms with Gasteiger partial charge >= 0.3 is 0 Å². The molecule has 1 aliphatic heterocycles. The topological polar surface area (TPSA) is 46.2 Å². The summed E-state index contributed by atoms with van der Waals surface area (Å²) in [5.41, 5.74) is 0. The Balaban J connectivity index is 2.82. The average Bonchev–Trinajstić information content (AvgIpc) is 1.95. The van der Waals surface area contributed by atoms with Crippen LogP contribution >= 0.6 is 0 Å². The standard InChI is InChI=1S/C8H17NO2S/c1-8(2)6-7(9-3)4-5-12(8,10)11/h7,9H,4-6H2,1-3H3. The summed E-state index contributed by atoms with van der Waals surface area (Å²) in [6, 6.07) is 0.364. The van der Waals surface area contributed by atoms with Crippen LogP contribution in [0.25, 0.3) is 0 Å². The Bertz CT molecular complexity index is 256. The summed E-state index contributed by atoms with van der Waals surface area (Å²) < 4.78 is 22.5. The van der Waals surface area contributed by atoms with E-state index in [1.807, 2.05) is 20.9 Å². The Morgan fingerprint density at radius 2 is 2.00 bits per heavy atom. The van der Waals surface area contributed by atoms with Crippen LogP contribution in [0.3, 0.4) is 0 Å². The van der Waals surface area contributed by atoms with Gasteiger partial charge in [-0.3, -0.25) is 0 Å². The molecule has 1 heterocycles. The molecular weight excluding hydrogens is 174 g/mol. The van der Waals surface area contributed by atoms with Crippen LogP contribution in [0, 0.1) is 0 Å². The molecule has 0 bridgehead atoms. The maximum absolute atomic E-state index is 11.5. The Morgan fingerprint density at radius 3 is 2.42 bits per heavy atom. The van der Waals surface area contributed by atoms with E-state index in [1.165, 1.54) is 0 Å². The molecule has 3 nitrogen and oxygen atoms in total. The van der Waals surface area contributed by atoms with E-state index in [4.69, 9.17) is 0 Å². The highest BCUT2D eigenvalue weighted by molar-refractivity contribution is 7.92. The zero-order chi connectivity index (χ0) is 9.41. The van der Waals surface area contributed by atoms with Crippen LogP contribution in [0.4, 0.5) is 0 Å². The molecule has 0 aromatic heterocycles. The van der Waals surface area contributed by atoms with E-state index in [2.05, 4.69) is 5.32 Å². The van der Waals surface area contributed by atoms with E-state index in [0.29, 0.717) is 11.8 Å². The third-order valence-corrected chi connectivity index (χ3v) is 5.35. The third kappa shape index (κ3) is 1.64. The number of nitrogens with one attached hydrogen (secondary N) is 1. The molecule has 4 heteroatoms. The molecule has 0 aromatic rings. The zero-order valence-electron chi connectivity index (χ0n) is 7.92. The van der Waals surface area contributed by atoms with Crippen molar-refractivity contribution in [2.24, 2.45) is 0 Å². The Morgan fingerprint density at radius 1 is 1.42 bits per heavy atom. The summed E-state index contributed by atoms with van der Waals surface area (Å²) >= 11 is 0. The second kappa shape index (κ2) is 3.00. The minimum Gasteiger partial charge on any atom is -0.317 e. The van der Waals surface area contributed by atoms with E-state index >= 15 is 0 Å². The van der Waals surface area contributed by atoms with Crippen LogP contribution in [-0.4, -0.2) is 32.0 Å². The van der Waals surface area contributed by atoms with Gasteiger partial charge in [-0.25, -0.2) is 8.42 Å². The van der Waals surface area contributed by atoms with Crippen LogP contribution in [0.15, 0.2) is 0 Å². The van der Waals surface area contributed by atoms with Gasteiger partial charge in [0.1, 0.15) is 0 Å². The summed E-state index contributed by atoms with van der Waals surface area (Å²) in [6.45, 7) is 3.62. The van der Waals surface area contributed by atoms with Crippen molar-refractivity contribution in [3.63, 3.8) is 0 Å². The molecule has 0 radical (unpaired) electrons. The lowest BCUT2D eigenvalue weighted by Crippen LogP contribution is -2.47. The smallest absolute Gasteiger partial charge is 0.155 e. The maximum atomic E-state index is 11.5. The largest absolute Gasteiger partial charge is 0.317 e. The summed E-state index contributed by atoms with van der Waals surface area (Å²) in [6.07, 6.45) is 1.48. The number of sulfone groups is 1. The van der Waals surface area contributed by atoms with Gasteiger partial charge in [0.2, 0.25) is 0 Å². The highest BCUT2D eigenvalue weighted by Gasteiger charge is 2.40. The molecule has 0 spiro atoms. The first-order chi connectivity index (χ1) is 5.39. The van der Waals surface area contributed by atoms with E-state index < -0.39 is 14.6 Å². The normalized spacial score (nSPS) is 33.1. The summed E-state index contributed by atoms with van der Waals surface area (Å²) in [4.78, 5) is 0. The van der Waals surface area contributed by atoms with Gasteiger partial charge in [0.05, 0.1) is 10.5 Å². The average molecular weight is 191 g/mol. The van der Waals surface area contributed by atoms with Crippen molar-refractivity contribution >= 4 is 9.84 Å². The molecule has 1 unspecified atom stereocenters. The molecule has 12 heavy (non-hydrogen) atoms. The van der Waals surface area contributed by atoms with Gasteiger partial charge in [0.25, 0.3) is 0 Å². The fourth-order valence-electron chi connectivity index (χ4n) is 1.64. The van der Waals surface area contributed by atoms with Crippen molar-refractivity contribution in [2.45, 2.75) is 37.5 Å². The zero-order valence-corrected chi connectivity index (χ0v) is 8.74. The Hall–Kier alpha value is -0.0900. The SMILES string of the molecule is CNC1CCS(=O)(=O)C(C)(C)C1. The lowest BCUT2D eigenvalue weighted by Gasteiger charge is -2.34. The van der Waals surface area contributed by atoms with Gasteiger partial charge in [-0.2, -0.15) is 0 Å². The molecule has 1 rings (SSSR count). The quantitative estimate of drug-likeness (QED) is 0.659. The second-order valence-electron chi connectivity index (χ2n) is 4.06. The van der Waals surface area contributed by atoms with Crippen molar-refractivity contribution < 1.29 is 8.42 Å². The van der Waals surface area contributed by atoms with Crippen LogP contribution in [0.2, 0.25) is 0 Å². The van der Waals surface area contributed by atoms with Crippen molar-refractivity contribution in [1.82, 2.24) is 5.32 Å². The molecule has 0 amide bonds. The molecule has 0 aromatic carbocycles.